The SMILES string of the molecule is CN(c1nc2sc(-c3cnc(-n4cncn4)cn3)nc2s1)[C@H]1C[C@]2(C)CC[C@](C)(C1)N2. The minimum atomic E-state index is 0.239. The van der Waals surface area contributed by atoms with E-state index in [0.717, 1.165) is 38.3 Å². The Morgan fingerprint density at radius 2 is 1.84 bits per heavy atom. The third-order valence-electron chi connectivity index (χ3n) is 6.53. The van der Waals surface area contributed by atoms with Crippen molar-refractivity contribution in [3.8, 4) is 16.5 Å². The summed E-state index contributed by atoms with van der Waals surface area (Å²) in [6, 6.07) is 0.494. The lowest BCUT2D eigenvalue weighted by molar-refractivity contribution is 0.208. The van der Waals surface area contributed by atoms with Crippen LogP contribution in [0, 0.1) is 0 Å². The fraction of sp³-hybridized carbons (Fsp3) is 0.500. The predicted molar refractivity (Wildman–Crippen MR) is 122 cm³/mol. The number of hydrogen-bond acceptors (Lipinski definition) is 10. The number of fused-ring (bicyclic) bond motifs is 3. The molecule has 6 rings (SSSR count). The molecule has 0 aromatic carbocycles. The highest BCUT2D eigenvalue weighted by molar-refractivity contribution is 7.29. The van der Waals surface area contributed by atoms with Crippen molar-refractivity contribution >= 4 is 37.5 Å². The molecule has 31 heavy (non-hydrogen) atoms. The first-order chi connectivity index (χ1) is 14.9. The van der Waals surface area contributed by atoms with Crippen molar-refractivity contribution in [3.05, 3.63) is 25.0 Å². The van der Waals surface area contributed by atoms with Crippen molar-refractivity contribution in [1.82, 2.24) is 40.0 Å². The molecule has 2 fully saturated rings. The first-order valence-corrected chi connectivity index (χ1v) is 12.0. The monoisotopic (exact) mass is 453 g/mol. The topological polar surface area (TPSA) is 97.5 Å². The second-order valence-electron chi connectivity index (χ2n) is 9.14. The lowest BCUT2D eigenvalue weighted by Crippen LogP contribution is -2.58. The summed E-state index contributed by atoms with van der Waals surface area (Å²) in [7, 11) is 2.18. The Morgan fingerprint density at radius 1 is 1.06 bits per heavy atom. The standard InChI is InChI=1S/C20H23N9S2/c1-19-4-5-20(2,27-19)7-12(6-19)28(3)18-26-17-16(31-18)25-15(30-17)13-8-23-14(9-22-13)29-11-21-10-24-29/h8-12,27H,4-7H2,1-3H3/t12-,19-,20+. The van der Waals surface area contributed by atoms with Crippen LogP contribution in [0.2, 0.25) is 0 Å². The first kappa shape index (κ1) is 19.2. The molecule has 4 aromatic rings. The highest BCUT2D eigenvalue weighted by Gasteiger charge is 2.49. The van der Waals surface area contributed by atoms with Crippen LogP contribution in [-0.2, 0) is 0 Å². The molecular formula is C20H23N9S2. The summed E-state index contributed by atoms with van der Waals surface area (Å²) in [4.78, 5) is 26.9. The van der Waals surface area contributed by atoms with Crippen molar-refractivity contribution < 1.29 is 0 Å². The molecule has 6 heterocycles. The van der Waals surface area contributed by atoms with Gasteiger partial charge in [-0.2, -0.15) is 5.10 Å². The minimum Gasteiger partial charge on any atom is -0.348 e. The van der Waals surface area contributed by atoms with Gasteiger partial charge in [0.25, 0.3) is 0 Å². The van der Waals surface area contributed by atoms with E-state index in [-0.39, 0.29) is 11.1 Å². The number of aromatic nitrogens is 7. The van der Waals surface area contributed by atoms with Crippen LogP contribution < -0.4 is 10.2 Å². The van der Waals surface area contributed by atoms with E-state index >= 15 is 0 Å². The van der Waals surface area contributed by atoms with Gasteiger partial charge in [-0.25, -0.2) is 29.6 Å². The Kier molecular flexibility index (Phi) is 4.18. The van der Waals surface area contributed by atoms with Gasteiger partial charge in [-0.15, -0.1) is 0 Å². The van der Waals surface area contributed by atoms with E-state index in [1.165, 1.54) is 19.2 Å². The van der Waals surface area contributed by atoms with Gasteiger partial charge in [0.2, 0.25) is 0 Å². The Labute approximate surface area is 187 Å². The van der Waals surface area contributed by atoms with Crippen LogP contribution in [0.1, 0.15) is 39.5 Å². The predicted octanol–water partition coefficient (Wildman–Crippen LogP) is 3.29. The molecule has 0 radical (unpaired) electrons. The van der Waals surface area contributed by atoms with Crippen LogP contribution in [0.3, 0.4) is 0 Å². The van der Waals surface area contributed by atoms with E-state index in [0.29, 0.717) is 11.9 Å². The maximum absolute atomic E-state index is 4.92. The molecule has 0 aliphatic carbocycles. The summed E-state index contributed by atoms with van der Waals surface area (Å²) in [6.45, 7) is 4.73. The lowest BCUT2D eigenvalue weighted by Gasteiger charge is -2.45. The quantitative estimate of drug-likeness (QED) is 0.503. The summed E-state index contributed by atoms with van der Waals surface area (Å²) in [5, 5.41) is 9.82. The minimum absolute atomic E-state index is 0.239. The molecule has 0 unspecified atom stereocenters. The molecule has 3 atom stereocenters. The maximum atomic E-state index is 4.92. The van der Waals surface area contributed by atoms with Gasteiger partial charge >= 0.3 is 0 Å². The van der Waals surface area contributed by atoms with Crippen molar-refractivity contribution in [2.75, 3.05) is 11.9 Å². The highest BCUT2D eigenvalue weighted by Crippen LogP contribution is 2.45. The third-order valence-corrected chi connectivity index (χ3v) is 8.67. The van der Waals surface area contributed by atoms with E-state index in [1.807, 2.05) is 0 Å². The van der Waals surface area contributed by atoms with Crippen LogP contribution in [0.25, 0.3) is 26.2 Å². The average molecular weight is 454 g/mol. The number of nitrogens with one attached hydrogen (secondary N) is 1. The van der Waals surface area contributed by atoms with Gasteiger partial charge in [0.15, 0.2) is 20.6 Å². The van der Waals surface area contributed by atoms with Crippen molar-refractivity contribution in [1.29, 1.82) is 0 Å². The van der Waals surface area contributed by atoms with Crippen LogP contribution in [0.4, 0.5) is 5.13 Å². The molecule has 0 amide bonds. The zero-order valence-electron chi connectivity index (χ0n) is 17.6. The van der Waals surface area contributed by atoms with Gasteiger partial charge in [0, 0.05) is 24.2 Å². The average Bonchev–Trinajstić information content (AvgIpc) is 3.50. The number of hydrogen-bond donors (Lipinski definition) is 1. The molecule has 9 nitrogen and oxygen atoms in total. The van der Waals surface area contributed by atoms with E-state index in [9.17, 15) is 0 Å². The number of anilines is 1. The van der Waals surface area contributed by atoms with E-state index in [4.69, 9.17) is 9.97 Å². The van der Waals surface area contributed by atoms with E-state index < -0.39 is 0 Å². The summed E-state index contributed by atoms with van der Waals surface area (Å²) in [6.07, 6.45) is 11.3. The summed E-state index contributed by atoms with van der Waals surface area (Å²) in [5.41, 5.74) is 1.22. The van der Waals surface area contributed by atoms with Crippen molar-refractivity contribution in [3.63, 3.8) is 0 Å². The Balaban J connectivity index is 1.23. The van der Waals surface area contributed by atoms with Gasteiger partial charge in [-0.3, -0.25) is 0 Å². The fourth-order valence-corrected chi connectivity index (χ4v) is 7.06. The normalized spacial score (nSPS) is 27.8. The second kappa shape index (κ2) is 6.75. The molecule has 0 saturated carbocycles. The largest absolute Gasteiger partial charge is 0.348 e. The van der Waals surface area contributed by atoms with Crippen molar-refractivity contribution in [2.24, 2.45) is 0 Å². The zero-order chi connectivity index (χ0) is 21.2. The molecule has 0 spiro atoms. The third kappa shape index (κ3) is 3.31. The van der Waals surface area contributed by atoms with Gasteiger partial charge in [0.05, 0.1) is 12.4 Å². The van der Waals surface area contributed by atoms with Gasteiger partial charge < -0.3 is 10.2 Å². The Morgan fingerprint density at radius 3 is 2.48 bits per heavy atom. The summed E-state index contributed by atoms with van der Waals surface area (Å²) < 4.78 is 1.58. The molecule has 11 heteroatoms. The molecule has 1 N–H and O–H groups in total. The highest BCUT2D eigenvalue weighted by atomic mass is 32.1. The van der Waals surface area contributed by atoms with E-state index in [2.05, 4.69) is 51.2 Å². The molecule has 2 saturated heterocycles. The second-order valence-corrected chi connectivity index (χ2v) is 11.1. The molecular weight excluding hydrogens is 430 g/mol. The number of rotatable bonds is 4. The molecule has 2 aliphatic heterocycles. The fourth-order valence-electron chi connectivity index (χ4n) is 5.02. The number of nitrogens with zero attached hydrogens (tertiary/aromatic N) is 8. The van der Waals surface area contributed by atoms with Crippen LogP contribution in [0.5, 0.6) is 0 Å². The maximum Gasteiger partial charge on any atom is 0.188 e. The molecule has 4 aromatic heterocycles. The van der Waals surface area contributed by atoms with Crippen LogP contribution in [0.15, 0.2) is 25.0 Å². The lowest BCUT2D eigenvalue weighted by atomic mass is 9.84. The van der Waals surface area contributed by atoms with Gasteiger partial charge in [0.1, 0.15) is 23.4 Å². The Hall–Kier alpha value is -2.50. The van der Waals surface area contributed by atoms with Crippen molar-refractivity contribution in [2.45, 2.75) is 56.7 Å². The summed E-state index contributed by atoms with van der Waals surface area (Å²) >= 11 is 3.22. The van der Waals surface area contributed by atoms with Gasteiger partial charge in [-0.1, -0.05) is 22.7 Å². The molecule has 160 valence electrons. The smallest absolute Gasteiger partial charge is 0.188 e. The number of piperidine rings is 1. The van der Waals surface area contributed by atoms with Gasteiger partial charge in [-0.05, 0) is 39.5 Å². The van der Waals surface area contributed by atoms with E-state index in [1.54, 1.807) is 46.1 Å². The molecule has 2 aliphatic rings. The first-order valence-electron chi connectivity index (χ1n) is 10.4. The summed E-state index contributed by atoms with van der Waals surface area (Å²) in [5.74, 6) is 0.625. The molecule has 2 bridgehead atoms. The van der Waals surface area contributed by atoms with Crippen LogP contribution in [-0.4, -0.2) is 58.9 Å². The van der Waals surface area contributed by atoms with Crippen LogP contribution >= 0.6 is 22.7 Å². The Bertz CT molecular complexity index is 1180. The zero-order valence-corrected chi connectivity index (χ0v) is 19.2. The number of thiazole rings is 2.